The number of nitriles is 1. The maximum absolute atomic E-state index is 10.6. The molecule has 0 aliphatic carbocycles. The van der Waals surface area contributed by atoms with Crippen molar-refractivity contribution in [3.63, 3.8) is 0 Å². The van der Waals surface area contributed by atoms with Crippen LogP contribution in [0.1, 0.15) is 26.2 Å². The number of carboxylic acids is 1. The molecule has 4 heteroatoms. The third kappa shape index (κ3) is 3.61. The molecule has 0 atom stereocenters. The number of ether oxygens (including phenoxy) is 1. The number of hydrogen-bond donors (Lipinski definition) is 1. The van der Waals surface area contributed by atoms with Gasteiger partial charge in [0.15, 0.2) is 0 Å². The standard InChI is InChI=1S/C9H13NO3/c1-3-4-5-7(6-10)8(13-2)9(11)12/h3-5H2,1-2H3,(H,11,12)/b8-7-. The van der Waals surface area contributed by atoms with E-state index in [0.29, 0.717) is 6.42 Å². The predicted molar refractivity (Wildman–Crippen MR) is 46.8 cm³/mol. The summed E-state index contributed by atoms with van der Waals surface area (Å²) in [6.45, 7) is 1.97. The van der Waals surface area contributed by atoms with Gasteiger partial charge in [-0.2, -0.15) is 5.26 Å². The lowest BCUT2D eigenvalue weighted by molar-refractivity contribution is -0.136. The number of rotatable bonds is 5. The Hall–Kier alpha value is -1.50. The first-order valence-electron chi connectivity index (χ1n) is 4.07. The molecule has 0 saturated heterocycles. The van der Waals surface area contributed by atoms with Gasteiger partial charge in [0.25, 0.3) is 0 Å². The molecule has 4 nitrogen and oxygen atoms in total. The van der Waals surface area contributed by atoms with Crippen LogP contribution in [0.15, 0.2) is 11.3 Å². The van der Waals surface area contributed by atoms with Crippen LogP contribution in [0.25, 0.3) is 0 Å². The summed E-state index contributed by atoms with van der Waals surface area (Å²) in [5.41, 5.74) is 0.205. The molecule has 0 fully saturated rings. The molecule has 0 aliphatic heterocycles. The lowest BCUT2D eigenvalue weighted by Crippen LogP contribution is -2.06. The largest absolute Gasteiger partial charge is 0.489 e. The van der Waals surface area contributed by atoms with E-state index < -0.39 is 5.97 Å². The monoisotopic (exact) mass is 183 g/mol. The van der Waals surface area contributed by atoms with Crippen molar-refractivity contribution in [3.05, 3.63) is 11.3 Å². The Morgan fingerprint density at radius 1 is 1.62 bits per heavy atom. The minimum Gasteiger partial charge on any atom is -0.489 e. The van der Waals surface area contributed by atoms with Crippen molar-refractivity contribution < 1.29 is 14.6 Å². The Labute approximate surface area is 77.4 Å². The first-order valence-corrected chi connectivity index (χ1v) is 4.07. The minimum atomic E-state index is -1.19. The zero-order valence-corrected chi connectivity index (χ0v) is 7.83. The van der Waals surface area contributed by atoms with Crippen LogP contribution in [0.4, 0.5) is 0 Å². The number of methoxy groups -OCH3 is 1. The summed E-state index contributed by atoms with van der Waals surface area (Å²) >= 11 is 0. The van der Waals surface area contributed by atoms with Gasteiger partial charge in [0, 0.05) is 0 Å². The second-order valence-electron chi connectivity index (χ2n) is 2.53. The van der Waals surface area contributed by atoms with E-state index in [1.54, 1.807) is 0 Å². The Morgan fingerprint density at radius 3 is 2.54 bits per heavy atom. The highest BCUT2D eigenvalue weighted by Crippen LogP contribution is 2.12. The normalized spacial score (nSPS) is 11.5. The van der Waals surface area contributed by atoms with Gasteiger partial charge in [-0.15, -0.1) is 0 Å². The lowest BCUT2D eigenvalue weighted by atomic mass is 10.1. The first kappa shape index (κ1) is 11.5. The van der Waals surface area contributed by atoms with Gasteiger partial charge in [-0.1, -0.05) is 13.3 Å². The highest BCUT2D eigenvalue weighted by Gasteiger charge is 2.13. The van der Waals surface area contributed by atoms with Gasteiger partial charge in [0.1, 0.15) is 0 Å². The topological polar surface area (TPSA) is 70.3 Å². The van der Waals surface area contributed by atoms with Crippen molar-refractivity contribution in [2.24, 2.45) is 0 Å². The van der Waals surface area contributed by atoms with E-state index in [-0.39, 0.29) is 11.3 Å². The molecule has 0 radical (unpaired) electrons. The third-order valence-electron chi connectivity index (χ3n) is 1.59. The summed E-state index contributed by atoms with van der Waals surface area (Å²) in [6.07, 6.45) is 2.17. The van der Waals surface area contributed by atoms with E-state index in [4.69, 9.17) is 10.4 Å². The molecule has 0 aromatic rings. The molecule has 0 spiro atoms. The number of hydrogen-bond acceptors (Lipinski definition) is 3. The molecule has 0 aromatic heterocycles. The number of nitrogens with zero attached hydrogens (tertiary/aromatic N) is 1. The van der Waals surface area contributed by atoms with Gasteiger partial charge in [-0.25, -0.2) is 4.79 Å². The fraction of sp³-hybridized carbons (Fsp3) is 0.556. The molecule has 1 N–H and O–H groups in total. The van der Waals surface area contributed by atoms with Gasteiger partial charge in [0.05, 0.1) is 18.8 Å². The minimum absolute atomic E-state index is 0.205. The maximum Gasteiger partial charge on any atom is 0.372 e. The van der Waals surface area contributed by atoms with Gasteiger partial charge >= 0.3 is 5.97 Å². The van der Waals surface area contributed by atoms with Crippen molar-refractivity contribution in [1.82, 2.24) is 0 Å². The lowest BCUT2D eigenvalue weighted by Gasteiger charge is -2.03. The molecule has 0 unspecified atom stereocenters. The Bertz CT molecular complexity index is 250. The Kier molecular flexibility index (Phi) is 5.37. The van der Waals surface area contributed by atoms with Crippen LogP contribution in [-0.2, 0) is 9.53 Å². The van der Waals surface area contributed by atoms with Gasteiger partial charge in [-0.05, 0) is 12.8 Å². The molecule has 0 saturated carbocycles. The summed E-state index contributed by atoms with van der Waals surface area (Å²) in [7, 11) is 1.26. The van der Waals surface area contributed by atoms with Crippen molar-refractivity contribution >= 4 is 5.97 Å². The number of carbonyl (C=O) groups is 1. The van der Waals surface area contributed by atoms with Crippen LogP contribution in [0, 0.1) is 11.3 Å². The van der Waals surface area contributed by atoms with Crippen LogP contribution < -0.4 is 0 Å². The number of unbranched alkanes of at least 4 members (excludes halogenated alkanes) is 1. The molecule has 0 aliphatic rings. The Balaban J connectivity index is 4.65. The summed E-state index contributed by atoms with van der Waals surface area (Å²) in [4.78, 5) is 10.6. The molecule has 72 valence electrons. The molecule has 0 rings (SSSR count). The number of carboxylic acid groups (broad SMARTS) is 1. The average Bonchev–Trinajstić information content (AvgIpc) is 2.11. The quantitative estimate of drug-likeness (QED) is 0.400. The fourth-order valence-corrected chi connectivity index (χ4v) is 0.913. The SMILES string of the molecule is CCCC/C(C#N)=C(/OC)C(=O)O. The van der Waals surface area contributed by atoms with E-state index in [1.165, 1.54) is 7.11 Å². The molecule has 0 heterocycles. The Morgan fingerprint density at radius 2 is 2.23 bits per heavy atom. The van der Waals surface area contributed by atoms with Crippen LogP contribution in [-0.4, -0.2) is 18.2 Å². The molecule has 0 bridgehead atoms. The van der Waals surface area contributed by atoms with Crippen LogP contribution >= 0.6 is 0 Å². The zero-order chi connectivity index (χ0) is 10.3. The second-order valence-corrected chi connectivity index (χ2v) is 2.53. The summed E-state index contributed by atoms with van der Waals surface area (Å²) < 4.78 is 4.62. The van der Waals surface area contributed by atoms with Crippen LogP contribution in [0.2, 0.25) is 0 Å². The summed E-state index contributed by atoms with van der Waals surface area (Å²) in [6, 6.07) is 1.84. The van der Waals surface area contributed by atoms with E-state index in [1.807, 2.05) is 13.0 Å². The van der Waals surface area contributed by atoms with E-state index in [0.717, 1.165) is 12.8 Å². The second kappa shape index (κ2) is 6.06. The first-order chi connectivity index (χ1) is 6.17. The number of allylic oxidation sites excluding steroid dienone is 1. The molecular weight excluding hydrogens is 170 g/mol. The van der Waals surface area contributed by atoms with E-state index in [9.17, 15) is 4.79 Å². The molecule has 13 heavy (non-hydrogen) atoms. The molecule has 0 amide bonds. The van der Waals surface area contributed by atoms with Crippen molar-refractivity contribution in [3.8, 4) is 6.07 Å². The predicted octanol–water partition coefficient (Wildman–Crippen LogP) is 1.69. The maximum atomic E-state index is 10.6. The zero-order valence-electron chi connectivity index (χ0n) is 7.83. The van der Waals surface area contributed by atoms with Crippen molar-refractivity contribution in [1.29, 1.82) is 5.26 Å². The van der Waals surface area contributed by atoms with E-state index >= 15 is 0 Å². The third-order valence-corrected chi connectivity index (χ3v) is 1.59. The highest BCUT2D eigenvalue weighted by molar-refractivity contribution is 5.86. The summed E-state index contributed by atoms with van der Waals surface area (Å²) in [5.74, 6) is -1.42. The summed E-state index contributed by atoms with van der Waals surface area (Å²) in [5, 5.41) is 17.3. The van der Waals surface area contributed by atoms with Crippen LogP contribution in [0.5, 0.6) is 0 Å². The van der Waals surface area contributed by atoms with Gasteiger partial charge in [-0.3, -0.25) is 0 Å². The van der Waals surface area contributed by atoms with Gasteiger partial charge < -0.3 is 9.84 Å². The van der Waals surface area contributed by atoms with Crippen molar-refractivity contribution in [2.45, 2.75) is 26.2 Å². The smallest absolute Gasteiger partial charge is 0.372 e. The van der Waals surface area contributed by atoms with Crippen LogP contribution in [0.3, 0.4) is 0 Å². The molecular formula is C9H13NO3. The average molecular weight is 183 g/mol. The van der Waals surface area contributed by atoms with Crippen molar-refractivity contribution in [2.75, 3.05) is 7.11 Å². The fourth-order valence-electron chi connectivity index (χ4n) is 0.913. The molecule has 0 aromatic carbocycles. The highest BCUT2D eigenvalue weighted by atomic mass is 16.5. The van der Waals surface area contributed by atoms with E-state index in [2.05, 4.69) is 4.74 Å². The number of aliphatic carboxylic acids is 1. The van der Waals surface area contributed by atoms with Gasteiger partial charge in [0.2, 0.25) is 5.76 Å².